The summed E-state index contributed by atoms with van der Waals surface area (Å²) in [5.74, 6) is 0.615. The van der Waals surface area contributed by atoms with Gasteiger partial charge >= 0.3 is 0 Å². The molecule has 6 heteroatoms. The maximum atomic E-state index is 11.0. The number of ether oxygens (including phenoxy) is 1. The molecule has 6 nitrogen and oxygen atoms in total. The summed E-state index contributed by atoms with van der Waals surface area (Å²) in [5, 5.41) is 11.0. The summed E-state index contributed by atoms with van der Waals surface area (Å²) in [6.07, 6.45) is 0.605. The first-order valence-electron chi connectivity index (χ1n) is 6.63. The van der Waals surface area contributed by atoms with E-state index in [-0.39, 0.29) is 12.3 Å². The lowest BCUT2D eigenvalue weighted by Crippen LogP contribution is -2.08. The summed E-state index contributed by atoms with van der Waals surface area (Å²) < 4.78 is 5.70. The van der Waals surface area contributed by atoms with Gasteiger partial charge in [-0.25, -0.2) is 0 Å². The molecule has 0 spiro atoms. The Bertz CT molecular complexity index is 644. The van der Waals surface area contributed by atoms with Crippen molar-refractivity contribution in [3.63, 3.8) is 0 Å². The zero-order valence-corrected chi connectivity index (χ0v) is 11.8. The molecule has 0 aliphatic carbocycles. The summed E-state index contributed by atoms with van der Waals surface area (Å²) in [6, 6.07) is 10.2. The van der Waals surface area contributed by atoms with Gasteiger partial charge in [-0.3, -0.25) is 15.1 Å². The van der Waals surface area contributed by atoms with E-state index in [1.54, 1.807) is 18.2 Å². The fraction of sp³-hybridized carbons (Fsp3) is 0.267. The predicted molar refractivity (Wildman–Crippen MR) is 79.2 cm³/mol. The van der Waals surface area contributed by atoms with Gasteiger partial charge in [-0.15, -0.1) is 0 Å². The molecule has 0 fully saturated rings. The van der Waals surface area contributed by atoms with Crippen LogP contribution in [0.15, 0.2) is 36.4 Å². The highest BCUT2D eigenvalue weighted by Crippen LogP contribution is 2.22. The van der Waals surface area contributed by atoms with E-state index in [2.05, 4.69) is 4.98 Å². The summed E-state index contributed by atoms with van der Waals surface area (Å²) in [4.78, 5) is 15.0. The summed E-state index contributed by atoms with van der Waals surface area (Å²) in [5.41, 5.74) is 7.81. The minimum atomic E-state index is -0.410. The molecule has 1 heterocycles. The van der Waals surface area contributed by atoms with Gasteiger partial charge in [-0.1, -0.05) is 12.1 Å². The Balaban J connectivity index is 2.19. The zero-order valence-electron chi connectivity index (χ0n) is 11.8. The Labute approximate surface area is 122 Å². The van der Waals surface area contributed by atoms with Crippen molar-refractivity contribution in [2.75, 3.05) is 6.54 Å². The molecule has 0 radical (unpaired) electrons. The number of hydrogen-bond donors (Lipinski definition) is 1. The van der Waals surface area contributed by atoms with Gasteiger partial charge in [0.2, 0.25) is 0 Å². The van der Waals surface area contributed by atoms with Crippen molar-refractivity contribution < 1.29 is 9.66 Å². The highest BCUT2D eigenvalue weighted by atomic mass is 16.6. The average Bonchev–Trinajstić information content (AvgIpc) is 2.47. The van der Waals surface area contributed by atoms with Crippen LogP contribution in [0.4, 0.5) is 5.69 Å². The smallest absolute Gasteiger partial charge is 0.276 e. The van der Waals surface area contributed by atoms with E-state index in [0.717, 1.165) is 11.4 Å². The Hall–Kier alpha value is -2.47. The van der Waals surface area contributed by atoms with Crippen LogP contribution >= 0.6 is 0 Å². The van der Waals surface area contributed by atoms with Gasteiger partial charge in [-0.2, -0.15) is 0 Å². The fourth-order valence-electron chi connectivity index (χ4n) is 2.01. The molecule has 0 saturated carbocycles. The molecule has 110 valence electrons. The number of hydrogen-bond acceptors (Lipinski definition) is 5. The molecule has 2 rings (SSSR count). The zero-order chi connectivity index (χ0) is 15.2. The number of pyridine rings is 1. The minimum absolute atomic E-state index is 0.0537. The number of para-hydroxylation sites is 1. The van der Waals surface area contributed by atoms with Crippen molar-refractivity contribution in [3.8, 4) is 5.75 Å². The van der Waals surface area contributed by atoms with Crippen LogP contribution in [-0.4, -0.2) is 16.5 Å². The van der Waals surface area contributed by atoms with Gasteiger partial charge in [-0.05, 0) is 31.7 Å². The van der Waals surface area contributed by atoms with Crippen molar-refractivity contribution in [2.45, 2.75) is 20.0 Å². The lowest BCUT2D eigenvalue weighted by molar-refractivity contribution is -0.385. The molecule has 2 N–H and O–H groups in total. The van der Waals surface area contributed by atoms with Crippen LogP contribution in [0.25, 0.3) is 0 Å². The molecule has 2 aromatic rings. The molecule has 0 saturated heterocycles. The Morgan fingerprint density at radius 2 is 2.05 bits per heavy atom. The van der Waals surface area contributed by atoms with Gasteiger partial charge in [0.25, 0.3) is 5.69 Å². The SMILES string of the molecule is Cc1ccc(OCc2ccccc2[N+](=O)[O-])c(CCN)n1. The van der Waals surface area contributed by atoms with Crippen LogP contribution in [0.3, 0.4) is 0 Å². The molecule has 0 amide bonds. The number of aryl methyl sites for hydroxylation is 1. The van der Waals surface area contributed by atoms with Crippen molar-refractivity contribution >= 4 is 5.69 Å². The third-order valence-electron chi connectivity index (χ3n) is 3.02. The van der Waals surface area contributed by atoms with E-state index in [1.165, 1.54) is 6.07 Å². The lowest BCUT2D eigenvalue weighted by atomic mass is 10.2. The van der Waals surface area contributed by atoms with Crippen molar-refractivity contribution in [1.82, 2.24) is 4.98 Å². The van der Waals surface area contributed by atoms with E-state index in [0.29, 0.717) is 24.3 Å². The molecular weight excluding hydrogens is 270 g/mol. The van der Waals surface area contributed by atoms with Gasteiger partial charge in [0, 0.05) is 18.2 Å². The topological polar surface area (TPSA) is 91.3 Å². The first kappa shape index (κ1) is 14.9. The molecule has 21 heavy (non-hydrogen) atoms. The second-order valence-corrected chi connectivity index (χ2v) is 4.61. The van der Waals surface area contributed by atoms with Gasteiger partial charge < -0.3 is 10.5 Å². The average molecular weight is 287 g/mol. The number of rotatable bonds is 6. The molecule has 0 aliphatic rings. The summed E-state index contributed by atoms with van der Waals surface area (Å²) in [7, 11) is 0. The normalized spacial score (nSPS) is 10.4. The second-order valence-electron chi connectivity index (χ2n) is 4.61. The van der Waals surface area contributed by atoms with Crippen molar-refractivity contribution in [2.24, 2.45) is 5.73 Å². The second kappa shape index (κ2) is 6.81. The van der Waals surface area contributed by atoms with Crippen LogP contribution in [0.5, 0.6) is 5.75 Å². The van der Waals surface area contributed by atoms with E-state index < -0.39 is 4.92 Å². The van der Waals surface area contributed by atoms with Crippen molar-refractivity contribution in [1.29, 1.82) is 0 Å². The number of benzene rings is 1. The van der Waals surface area contributed by atoms with E-state index >= 15 is 0 Å². The van der Waals surface area contributed by atoms with Crippen LogP contribution in [0, 0.1) is 17.0 Å². The number of nitrogens with zero attached hydrogens (tertiary/aromatic N) is 2. The Morgan fingerprint density at radius 1 is 1.29 bits per heavy atom. The van der Waals surface area contributed by atoms with E-state index in [4.69, 9.17) is 10.5 Å². The Morgan fingerprint density at radius 3 is 2.76 bits per heavy atom. The molecule has 1 aromatic carbocycles. The van der Waals surface area contributed by atoms with Gasteiger partial charge in [0.05, 0.1) is 16.2 Å². The predicted octanol–water partition coefficient (Wildman–Crippen LogP) is 2.38. The number of nitro groups is 1. The first-order chi connectivity index (χ1) is 10.1. The van der Waals surface area contributed by atoms with Crippen LogP contribution in [-0.2, 0) is 13.0 Å². The molecule has 1 aromatic heterocycles. The highest BCUT2D eigenvalue weighted by molar-refractivity contribution is 5.40. The maximum Gasteiger partial charge on any atom is 0.276 e. The summed E-state index contributed by atoms with van der Waals surface area (Å²) in [6.45, 7) is 2.49. The van der Waals surface area contributed by atoms with E-state index in [1.807, 2.05) is 19.1 Å². The largest absolute Gasteiger partial charge is 0.487 e. The van der Waals surface area contributed by atoms with Crippen LogP contribution in [0.2, 0.25) is 0 Å². The van der Waals surface area contributed by atoms with Gasteiger partial charge in [0.1, 0.15) is 12.4 Å². The van der Waals surface area contributed by atoms with Gasteiger partial charge in [0.15, 0.2) is 0 Å². The fourth-order valence-corrected chi connectivity index (χ4v) is 2.01. The molecule has 0 aliphatic heterocycles. The van der Waals surface area contributed by atoms with Crippen molar-refractivity contribution in [3.05, 3.63) is 63.5 Å². The maximum absolute atomic E-state index is 11.0. The monoisotopic (exact) mass is 287 g/mol. The van der Waals surface area contributed by atoms with Crippen LogP contribution in [0.1, 0.15) is 17.0 Å². The minimum Gasteiger partial charge on any atom is -0.487 e. The third kappa shape index (κ3) is 3.76. The Kier molecular flexibility index (Phi) is 4.84. The quantitative estimate of drug-likeness (QED) is 0.650. The molecular formula is C15H17N3O3. The molecule has 0 bridgehead atoms. The lowest BCUT2D eigenvalue weighted by Gasteiger charge is -2.11. The van der Waals surface area contributed by atoms with Crippen LogP contribution < -0.4 is 10.5 Å². The summed E-state index contributed by atoms with van der Waals surface area (Å²) >= 11 is 0. The number of aromatic nitrogens is 1. The molecule has 0 unspecified atom stereocenters. The number of nitrogens with two attached hydrogens (primary N) is 1. The third-order valence-corrected chi connectivity index (χ3v) is 3.02. The standard InChI is InChI=1S/C15H17N3O3/c1-11-6-7-15(13(17-11)8-9-16)21-10-12-4-2-3-5-14(12)18(19)20/h2-7H,8-10,16H2,1H3. The van der Waals surface area contributed by atoms with E-state index in [9.17, 15) is 10.1 Å². The molecule has 0 atom stereocenters. The number of nitro benzene ring substituents is 1. The first-order valence-corrected chi connectivity index (χ1v) is 6.63. The highest BCUT2D eigenvalue weighted by Gasteiger charge is 2.13.